The van der Waals surface area contributed by atoms with E-state index in [0.29, 0.717) is 12.1 Å². The first-order chi connectivity index (χ1) is 9.33. The van der Waals surface area contributed by atoms with Crippen molar-refractivity contribution in [1.82, 2.24) is 0 Å². The Morgan fingerprint density at radius 3 is 2.00 bits per heavy atom. The fraction of sp³-hybridized carbons (Fsp3) is 0.538. The summed E-state index contributed by atoms with van der Waals surface area (Å²) in [4.78, 5) is 0. The van der Waals surface area contributed by atoms with Gasteiger partial charge in [-0.2, -0.15) is 26.3 Å². The van der Waals surface area contributed by atoms with Crippen molar-refractivity contribution in [3.8, 4) is 0 Å². The molecule has 0 aliphatic carbocycles. The van der Waals surface area contributed by atoms with E-state index in [1.807, 2.05) is 0 Å². The second-order valence-corrected chi connectivity index (χ2v) is 4.93. The zero-order valence-electron chi connectivity index (χ0n) is 10.9. The van der Waals surface area contributed by atoms with Gasteiger partial charge in [-0.1, -0.05) is 6.07 Å². The smallest absolute Gasteiger partial charge is 0.385 e. The molecule has 0 saturated carbocycles. The van der Waals surface area contributed by atoms with Gasteiger partial charge in [0.15, 0.2) is 0 Å². The van der Waals surface area contributed by atoms with Crippen LogP contribution < -0.4 is 0 Å². The fourth-order valence-corrected chi connectivity index (χ4v) is 1.86. The Morgan fingerprint density at radius 2 is 1.57 bits per heavy atom. The van der Waals surface area contributed by atoms with Gasteiger partial charge in [-0.25, -0.2) is 4.39 Å². The molecule has 120 valence electrons. The van der Waals surface area contributed by atoms with Gasteiger partial charge in [0, 0.05) is 6.42 Å². The maximum atomic E-state index is 13.4. The lowest BCUT2D eigenvalue weighted by Crippen LogP contribution is -2.23. The maximum Gasteiger partial charge on any atom is 0.419 e. The Labute approximate surface area is 116 Å². The van der Waals surface area contributed by atoms with E-state index in [-0.39, 0.29) is 12.0 Å². The van der Waals surface area contributed by atoms with E-state index >= 15 is 0 Å². The predicted octanol–water partition coefficient (Wildman–Crippen LogP) is 4.78. The van der Waals surface area contributed by atoms with Gasteiger partial charge in [0.05, 0.1) is 11.2 Å². The van der Waals surface area contributed by atoms with Crippen LogP contribution in [0, 0.1) is 5.82 Å². The highest BCUT2D eigenvalue weighted by atomic mass is 19.4. The van der Waals surface area contributed by atoms with Crippen LogP contribution in [0.5, 0.6) is 0 Å². The lowest BCUT2D eigenvalue weighted by atomic mass is 9.89. The van der Waals surface area contributed by atoms with E-state index in [1.54, 1.807) is 0 Å². The summed E-state index contributed by atoms with van der Waals surface area (Å²) in [7, 11) is 0. The van der Waals surface area contributed by atoms with Crippen LogP contribution in [-0.2, 0) is 11.8 Å². The zero-order valence-corrected chi connectivity index (χ0v) is 10.9. The van der Waals surface area contributed by atoms with Crippen molar-refractivity contribution in [2.75, 3.05) is 0 Å². The first kappa shape index (κ1) is 17.7. The summed E-state index contributed by atoms with van der Waals surface area (Å²) in [6, 6.07) is 1.82. The van der Waals surface area contributed by atoms with Gasteiger partial charge < -0.3 is 5.11 Å². The minimum atomic E-state index is -4.87. The number of hydrogen-bond donors (Lipinski definition) is 1. The molecule has 8 heteroatoms. The second-order valence-electron chi connectivity index (χ2n) is 4.93. The molecule has 0 saturated heterocycles. The molecule has 1 aromatic rings. The highest BCUT2D eigenvalue weighted by Crippen LogP contribution is 2.35. The molecule has 1 rings (SSSR count). The Hall–Kier alpha value is -1.31. The Morgan fingerprint density at radius 1 is 1.00 bits per heavy atom. The van der Waals surface area contributed by atoms with Crippen molar-refractivity contribution in [3.63, 3.8) is 0 Å². The Bertz CT molecular complexity index is 488. The van der Waals surface area contributed by atoms with Crippen LogP contribution in [0.2, 0.25) is 0 Å². The number of benzene rings is 1. The Kier molecular flexibility index (Phi) is 4.92. The normalized spacial score (nSPS) is 15.9. The highest BCUT2D eigenvalue weighted by Gasteiger charge is 2.35. The number of alkyl halides is 6. The molecule has 1 N–H and O–H groups in total. The van der Waals surface area contributed by atoms with Crippen molar-refractivity contribution < 1.29 is 35.8 Å². The molecule has 0 aliphatic heterocycles. The van der Waals surface area contributed by atoms with E-state index in [0.717, 1.165) is 13.0 Å². The molecular weight excluding hydrogens is 305 g/mol. The topological polar surface area (TPSA) is 20.2 Å². The van der Waals surface area contributed by atoms with Crippen LogP contribution in [0.15, 0.2) is 18.2 Å². The van der Waals surface area contributed by atoms with Crippen LogP contribution in [0.1, 0.15) is 37.3 Å². The van der Waals surface area contributed by atoms with E-state index in [9.17, 15) is 35.8 Å². The van der Waals surface area contributed by atoms with Crippen LogP contribution in [0.25, 0.3) is 0 Å². The zero-order chi connectivity index (χ0) is 16.5. The number of aliphatic hydroxyl groups is 1. The van der Waals surface area contributed by atoms with Gasteiger partial charge in [0.2, 0.25) is 0 Å². The summed E-state index contributed by atoms with van der Waals surface area (Å²) in [6.07, 6.45) is -11.2. The van der Waals surface area contributed by atoms with Crippen LogP contribution in [0.4, 0.5) is 30.7 Å². The maximum absolute atomic E-state index is 13.4. The molecule has 0 spiro atoms. The third kappa shape index (κ3) is 5.18. The van der Waals surface area contributed by atoms with E-state index in [1.165, 1.54) is 0 Å². The largest absolute Gasteiger partial charge is 0.419 e. The first-order valence-corrected chi connectivity index (χ1v) is 5.99. The van der Waals surface area contributed by atoms with Gasteiger partial charge in [-0.15, -0.1) is 0 Å². The lowest BCUT2D eigenvalue weighted by Gasteiger charge is -2.25. The third-order valence-electron chi connectivity index (χ3n) is 3.02. The molecule has 1 nitrogen and oxygen atoms in total. The molecule has 21 heavy (non-hydrogen) atoms. The number of halogens is 7. The molecule has 0 amide bonds. The molecule has 0 aliphatic rings. The van der Waals surface area contributed by atoms with Crippen LogP contribution >= 0.6 is 0 Å². The van der Waals surface area contributed by atoms with Crippen LogP contribution in [-0.4, -0.2) is 11.3 Å². The average Bonchev–Trinajstić information content (AvgIpc) is 2.24. The summed E-state index contributed by atoms with van der Waals surface area (Å²) in [5, 5.41) is 9.99. The van der Waals surface area contributed by atoms with Gasteiger partial charge in [-0.3, -0.25) is 0 Å². The van der Waals surface area contributed by atoms with Crippen molar-refractivity contribution in [1.29, 1.82) is 0 Å². The fourth-order valence-electron chi connectivity index (χ4n) is 1.86. The molecule has 0 aromatic heterocycles. The summed E-state index contributed by atoms with van der Waals surface area (Å²) in [5.41, 5.74) is -3.52. The molecule has 0 radical (unpaired) electrons. The van der Waals surface area contributed by atoms with Gasteiger partial charge in [0.25, 0.3) is 0 Å². The van der Waals surface area contributed by atoms with Crippen molar-refractivity contribution in [2.45, 2.75) is 44.1 Å². The first-order valence-electron chi connectivity index (χ1n) is 5.99. The summed E-state index contributed by atoms with van der Waals surface area (Å²) >= 11 is 0. The summed E-state index contributed by atoms with van der Waals surface area (Å²) in [6.45, 7) is 1.13. The average molecular weight is 318 g/mol. The van der Waals surface area contributed by atoms with E-state index in [4.69, 9.17) is 0 Å². The van der Waals surface area contributed by atoms with Gasteiger partial charge in [-0.05, 0) is 37.5 Å². The van der Waals surface area contributed by atoms with Gasteiger partial charge >= 0.3 is 12.4 Å². The standard InChI is InChI=1S/C13H13F7O/c1-11(21,5-2-6-12(15,16)17)8-3-4-9(10(14)7-8)13(18,19)20/h3-4,7,21H,2,5-6H2,1H3. The Balaban J connectivity index is 2.87. The van der Waals surface area contributed by atoms with Gasteiger partial charge in [0.1, 0.15) is 5.82 Å². The monoisotopic (exact) mass is 318 g/mol. The molecule has 0 heterocycles. The number of rotatable bonds is 4. The summed E-state index contributed by atoms with van der Waals surface area (Å²) < 4.78 is 86.6. The van der Waals surface area contributed by atoms with E-state index in [2.05, 4.69) is 0 Å². The minimum absolute atomic E-state index is 0.199. The molecular formula is C13H13F7O. The molecule has 1 unspecified atom stereocenters. The third-order valence-corrected chi connectivity index (χ3v) is 3.02. The SMILES string of the molecule is CC(O)(CCCC(F)(F)F)c1ccc(C(F)(F)F)c(F)c1. The number of hydrogen-bond acceptors (Lipinski definition) is 1. The lowest BCUT2D eigenvalue weighted by molar-refractivity contribution is -0.140. The quantitative estimate of drug-likeness (QED) is 0.792. The van der Waals surface area contributed by atoms with E-state index < -0.39 is 42.2 Å². The molecule has 1 atom stereocenters. The van der Waals surface area contributed by atoms with Crippen molar-refractivity contribution >= 4 is 0 Å². The van der Waals surface area contributed by atoms with Crippen molar-refractivity contribution in [2.24, 2.45) is 0 Å². The molecule has 1 aromatic carbocycles. The molecule has 0 bridgehead atoms. The van der Waals surface area contributed by atoms with Crippen LogP contribution in [0.3, 0.4) is 0 Å². The predicted molar refractivity (Wildman–Crippen MR) is 60.9 cm³/mol. The van der Waals surface area contributed by atoms with Crippen molar-refractivity contribution in [3.05, 3.63) is 35.1 Å². The second kappa shape index (κ2) is 5.82. The minimum Gasteiger partial charge on any atom is -0.385 e. The summed E-state index contributed by atoms with van der Waals surface area (Å²) in [5.74, 6) is -1.57. The molecule has 0 fully saturated rings. The highest BCUT2D eigenvalue weighted by molar-refractivity contribution is 5.29.